The lowest BCUT2D eigenvalue weighted by Crippen LogP contribution is -2.35. The van der Waals surface area contributed by atoms with Crippen molar-refractivity contribution in [1.29, 1.82) is 0 Å². The van der Waals surface area contributed by atoms with Gasteiger partial charge in [0.15, 0.2) is 12.4 Å². The second-order valence-corrected chi connectivity index (χ2v) is 8.52. The standard InChI is InChI=1S/C22H24ClN3O7S/c1-4-32-21(30)18-11(2)19(12(3)27)34-20(18)26-16(28)10-33-17(29)9-15(25-22(24)31)13-5-7-14(23)8-6-13/h5-8,15H,4,9-10H2,1-3H3,(H,26,28)(H3,24,25,31)/t15-/m0/s1. The molecule has 3 amide bonds. The minimum atomic E-state index is -0.841. The van der Waals surface area contributed by atoms with Gasteiger partial charge in [0.1, 0.15) is 5.00 Å². The predicted octanol–water partition coefficient (Wildman–Crippen LogP) is 3.37. The molecule has 0 aliphatic heterocycles. The van der Waals surface area contributed by atoms with Gasteiger partial charge >= 0.3 is 18.0 Å². The molecule has 12 heteroatoms. The van der Waals surface area contributed by atoms with Crippen molar-refractivity contribution in [1.82, 2.24) is 5.32 Å². The third kappa shape index (κ3) is 7.29. The number of carbonyl (C=O) groups is 5. The Balaban J connectivity index is 2.06. The highest BCUT2D eigenvalue weighted by Crippen LogP contribution is 2.34. The molecule has 4 N–H and O–H groups in total. The predicted molar refractivity (Wildman–Crippen MR) is 126 cm³/mol. The number of nitrogens with two attached hydrogens (primary N) is 1. The number of carbonyl (C=O) groups excluding carboxylic acids is 5. The Kier molecular flexibility index (Phi) is 9.58. The quantitative estimate of drug-likeness (QED) is 0.327. The average Bonchev–Trinajstić information content (AvgIpc) is 3.08. The molecule has 34 heavy (non-hydrogen) atoms. The molecule has 0 unspecified atom stereocenters. The lowest BCUT2D eigenvalue weighted by Gasteiger charge is -2.17. The Hall–Kier alpha value is -3.44. The molecular formula is C22H24ClN3O7S. The van der Waals surface area contributed by atoms with Crippen LogP contribution in [0.5, 0.6) is 0 Å². The van der Waals surface area contributed by atoms with Crippen molar-refractivity contribution in [3.8, 4) is 0 Å². The summed E-state index contributed by atoms with van der Waals surface area (Å²) in [5.74, 6) is -2.45. The zero-order chi connectivity index (χ0) is 25.4. The summed E-state index contributed by atoms with van der Waals surface area (Å²) >= 11 is 6.79. The van der Waals surface area contributed by atoms with E-state index >= 15 is 0 Å². The maximum Gasteiger partial charge on any atom is 0.341 e. The molecule has 0 aliphatic carbocycles. The highest BCUT2D eigenvalue weighted by Gasteiger charge is 2.26. The van der Waals surface area contributed by atoms with E-state index in [-0.39, 0.29) is 29.4 Å². The number of ether oxygens (including phenoxy) is 2. The third-order valence-electron chi connectivity index (χ3n) is 4.52. The lowest BCUT2D eigenvalue weighted by atomic mass is 10.0. The van der Waals surface area contributed by atoms with E-state index in [9.17, 15) is 24.0 Å². The number of primary amides is 1. The van der Waals surface area contributed by atoms with Crippen LogP contribution in [0, 0.1) is 6.92 Å². The molecule has 182 valence electrons. The highest BCUT2D eigenvalue weighted by atomic mass is 35.5. The van der Waals surface area contributed by atoms with E-state index in [1.54, 1.807) is 38.1 Å². The summed E-state index contributed by atoms with van der Waals surface area (Å²) in [5.41, 5.74) is 6.22. The summed E-state index contributed by atoms with van der Waals surface area (Å²) in [5, 5.41) is 5.52. The number of thiophene rings is 1. The topological polar surface area (TPSA) is 154 Å². The van der Waals surface area contributed by atoms with Crippen LogP contribution in [0.2, 0.25) is 5.02 Å². The number of esters is 2. The molecule has 0 spiro atoms. The number of ketones is 1. The first-order chi connectivity index (χ1) is 16.0. The zero-order valence-corrected chi connectivity index (χ0v) is 20.3. The van der Waals surface area contributed by atoms with E-state index in [1.165, 1.54) is 6.92 Å². The van der Waals surface area contributed by atoms with Gasteiger partial charge in [-0.25, -0.2) is 9.59 Å². The highest BCUT2D eigenvalue weighted by molar-refractivity contribution is 7.18. The van der Waals surface area contributed by atoms with E-state index in [1.807, 2.05) is 0 Å². The van der Waals surface area contributed by atoms with Crippen LogP contribution in [-0.2, 0) is 19.1 Å². The second kappa shape index (κ2) is 12.1. The molecule has 0 radical (unpaired) electrons. The van der Waals surface area contributed by atoms with Crippen LogP contribution in [0.15, 0.2) is 24.3 Å². The molecule has 0 aliphatic rings. The Morgan fingerprint density at radius 2 is 1.76 bits per heavy atom. The fourth-order valence-corrected chi connectivity index (χ4v) is 4.27. The van der Waals surface area contributed by atoms with Gasteiger partial charge in [-0.05, 0) is 44.0 Å². The van der Waals surface area contributed by atoms with Crippen LogP contribution in [0.1, 0.15) is 57.5 Å². The lowest BCUT2D eigenvalue weighted by molar-refractivity contribution is -0.147. The fraction of sp³-hybridized carbons (Fsp3) is 0.318. The summed E-state index contributed by atoms with van der Waals surface area (Å²) in [4.78, 5) is 60.5. The zero-order valence-electron chi connectivity index (χ0n) is 18.7. The second-order valence-electron chi connectivity index (χ2n) is 7.06. The third-order valence-corrected chi connectivity index (χ3v) is 6.08. The van der Waals surface area contributed by atoms with Crippen LogP contribution in [0.25, 0.3) is 0 Å². The molecule has 0 saturated carbocycles. The molecule has 0 bridgehead atoms. The van der Waals surface area contributed by atoms with Crippen molar-refractivity contribution >= 4 is 57.6 Å². The molecule has 10 nitrogen and oxygen atoms in total. The molecule has 2 rings (SSSR count). The summed E-state index contributed by atoms with van der Waals surface area (Å²) in [6.07, 6.45) is -0.293. The van der Waals surface area contributed by atoms with Crippen molar-refractivity contribution in [2.75, 3.05) is 18.5 Å². The SMILES string of the molecule is CCOC(=O)c1c(NC(=O)COC(=O)C[C@H](NC(N)=O)c2ccc(Cl)cc2)sc(C(C)=O)c1C. The van der Waals surface area contributed by atoms with Gasteiger partial charge in [-0.2, -0.15) is 0 Å². The number of amides is 3. The number of benzene rings is 1. The number of nitrogens with one attached hydrogen (secondary N) is 2. The first kappa shape index (κ1) is 26.8. The van der Waals surface area contributed by atoms with Gasteiger partial charge in [-0.3, -0.25) is 14.4 Å². The molecule has 1 aromatic carbocycles. The van der Waals surface area contributed by atoms with Crippen LogP contribution >= 0.6 is 22.9 Å². The average molecular weight is 510 g/mol. The van der Waals surface area contributed by atoms with Crippen LogP contribution in [-0.4, -0.2) is 42.9 Å². The maximum absolute atomic E-state index is 12.4. The van der Waals surface area contributed by atoms with Gasteiger partial charge < -0.3 is 25.8 Å². The van der Waals surface area contributed by atoms with E-state index in [2.05, 4.69) is 10.6 Å². The minimum absolute atomic E-state index is 0.0742. The Labute approximate surface area is 204 Å². The molecule has 0 fully saturated rings. The van der Waals surface area contributed by atoms with Crippen LogP contribution in [0.3, 0.4) is 0 Å². The monoisotopic (exact) mass is 509 g/mol. The molecule has 1 atom stereocenters. The van der Waals surface area contributed by atoms with Gasteiger partial charge in [0, 0.05) is 5.02 Å². The smallest absolute Gasteiger partial charge is 0.341 e. The van der Waals surface area contributed by atoms with Crippen molar-refractivity contribution in [2.45, 2.75) is 33.2 Å². The largest absolute Gasteiger partial charge is 0.462 e. The molecule has 1 heterocycles. The molecular weight excluding hydrogens is 486 g/mol. The van der Waals surface area contributed by atoms with Gasteiger partial charge in [-0.15, -0.1) is 11.3 Å². The maximum atomic E-state index is 12.4. The van der Waals surface area contributed by atoms with E-state index < -0.39 is 36.5 Å². The van der Waals surface area contributed by atoms with E-state index in [0.717, 1.165) is 11.3 Å². The van der Waals surface area contributed by atoms with Gasteiger partial charge in [-0.1, -0.05) is 23.7 Å². The van der Waals surface area contributed by atoms with Gasteiger partial charge in [0.05, 0.1) is 29.5 Å². The summed E-state index contributed by atoms with van der Waals surface area (Å²) in [7, 11) is 0. The van der Waals surface area contributed by atoms with Gasteiger partial charge in [0.25, 0.3) is 5.91 Å². The molecule has 2 aromatic rings. The number of halogens is 1. The first-order valence-electron chi connectivity index (χ1n) is 10.1. The Bertz CT molecular complexity index is 1100. The van der Waals surface area contributed by atoms with Crippen molar-refractivity contribution in [3.63, 3.8) is 0 Å². The van der Waals surface area contributed by atoms with Crippen molar-refractivity contribution < 1.29 is 33.4 Å². The normalized spacial score (nSPS) is 11.3. The summed E-state index contributed by atoms with van der Waals surface area (Å²) < 4.78 is 10.0. The molecule has 1 aromatic heterocycles. The van der Waals surface area contributed by atoms with Crippen LogP contribution in [0.4, 0.5) is 9.80 Å². The minimum Gasteiger partial charge on any atom is -0.462 e. The number of rotatable bonds is 10. The van der Waals surface area contributed by atoms with Crippen molar-refractivity contribution in [3.05, 3.63) is 50.9 Å². The van der Waals surface area contributed by atoms with Crippen molar-refractivity contribution in [2.24, 2.45) is 5.73 Å². The van der Waals surface area contributed by atoms with Gasteiger partial charge in [0.2, 0.25) is 0 Å². The summed E-state index contributed by atoms with van der Waals surface area (Å²) in [6.45, 7) is 4.02. The number of hydrogen-bond donors (Lipinski definition) is 3. The molecule has 0 saturated heterocycles. The Morgan fingerprint density at radius 3 is 2.32 bits per heavy atom. The first-order valence-corrected chi connectivity index (χ1v) is 11.3. The summed E-state index contributed by atoms with van der Waals surface area (Å²) in [6, 6.07) is 4.78. The number of hydrogen-bond acceptors (Lipinski definition) is 8. The Morgan fingerprint density at radius 1 is 1.12 bits per heavy atom. The van der Waals surface area contributed by atoms with E-state index in [0.29, 0.717) is 21.0 Å². The fourth-order valence-electron chi connectivity index (χ4n) is 3.04. The number of urea groups is 1. The van der Waals surface area contributed by atoms with E-state index in [4.69, 9.17) is 26.8 Å². The number of anilines is 1. The van der Waals surface area contributed by atoms with Crippen LogP contribution < -0.4 is 16.4 Å². The number of Topliss-reactive ketones (excluding diaryl/α,β-unsaturated/α-hetero) is 1.